The topological polar surface area (TPSA) is 86.5 Å². The standard InChI is InChI=1S/C17H19NO4S.ClH/c1-4-23(20,21)14-7-5-6-12(8-14)13-9-15(17(19)22-3)11(2)16(18)10-13;/h5-10H,4,18H2,1-3H3;1H. The number of hydrogen-bond acceptors (Lipinski definition) is 5. The third-order valence-electron chi connectivity index (χ3n) is 3.76. The smallest absolute Gasteiger partial charge is 0.338 e. The minimum Gasteiger partial charge on any atom is -0.465 e. The Hall–Kier alpha value is -2.05. The fourth-order valence-corrected chi connectivity index (χ4v) is 3.19. The molecule has 0 saturated heterocycles. The van der Waals surface area contributed by atoms with Gasteiger partial charge in [-0.05, 0) is 47.9 Å². The maximum absolute atomic E-state index is 12.0. The van der Waals surface area contributed by atoms with Crippen molar-refractivity contribution in [3.63, 3.8) is 0 Å². The predicted molar refractivity (Wildman–Crippen MR) is 97.3 cm³/mol. The highest BCUT2D eigenvalue weighted by molar-refractivity contribution is 7.91. The predicted octanol–water partition coefficient (Wildman–Crippen LogP) is 3.25. The van der Waals surface area contributed by atoms with Crippen molar-refractivity contribution in [2.45, 2.75) is 18.7 Å². The monoisotopic (exact) mass is 369 g/mol. The first-order valence-corrected chi connectivity index (χ1v) is 8.77. The summed E-state index contributed by atoms with van der Waals surface area (Å²) in [6.07, 6.45) is 0. The van der Waals surface area contributed by atoms with Crippen LogP contribution >= 0.6 is 12.4 Å². The molecule has 0 fully saturated rings. The molecule has 0 saturated carbocycles. The summed E-state index contributed by atoms with van der Waals surface area (Å²) in [5.41, 5.74) is 8.78. The second-order valence-electron chi connectivity index (χ2n) is 5.16. The molecule has 2 aromatic rings. The Bertz CT molecular complexity index is 863. The molecule has 0 amide bonds. The number of hydrogen-bond donors (Lipinski definition) is 1. The highest BCUT2D eigenvalue weighted by Gasteiger charge is 2.16. The van der Waals surface area contributed by atoms with Gasteiger partial charge >= 0.3 is 5.97 Å². The average Bonchev–Trinajstić information content (AvgIpc) is 2.56. The molecule has 0 heterocycles. The number of nitrogens with two attached hydrogens (primary N) is 1. The molecule has 0 bridgehead atoms. The van der Waals surface area contributed by atoms with Crippen molar-refractivity contribution in [2.24, 2.45) is 0 Å². The van der Waals surface area contributed by atoms with E-state index in [1.54, 1.807) is 50.2 Å². The molecule has 24 heavy (non-hydrogen) atoms. The number of nitrogen functional groups attached to an aromatic ring is 1. The molecule has 2 aromatic carbocycles. The Morgan fingerprint density at radius 2 is 1.83 bits per heavy atom. The molecule has 0 atom stereocenters. The number of halogens is 1. The first-order chi connectivity index (χ1) is 10.8. The van der Waals surface area contributed by atoms with Gasteiger partial charge in [-0.15, -0.1) is 12.4 Å². The highest BCUT2D eigenvalue weighted by atomic mass is 35.5. The van der Waals surface area contributed by atoms with Crippen molar-refractivity contribution >= 4 is 33.9 Å². The van der Waals surface area contributed by atoms with Gasteiger partial charge in [-0.1, -0.05) is 19.1 Å². The molecule has 0 aliphatic carbocycles. The summed E-state index contributed by atoms with van der Waals surface area (Å²) in [6.45, 7) is 3.34. The van der Waals surface area contributed by atoms with Gasteiger partial charge < -0.3 is 10.5 Å². The molecule has 5 nitrogen and oxygen atoms in total. The van der Waals surface area contributed by atoms with Crippen LogP contribution in [0.3, 0.4) is 0 Å². The summed E-state index contributed by atoms with van der Waals surface area (Å²) in [6, 6.07) is 9.98. The Morgan fingerprint density at radius 3 is 2.42 bits per heavy atom. The van der Waals surface area contributed by atoms with E-state index in [4.69, 9.17) is 10.5 Å². The van der Waals surface area contributed by atoms with Crippen LogP contribution in [0.1, 0.15) is 22.8 Å². The number of carbonyl (C=O) groups excluding carboxylic acids is 1. The molecule has 7 heteroatoms. The number of anilines is 1. The van der Waals surface area contributed by atoms with Crippen LogP contribution < -0.4 is 5.73 Å². The number of carbonyl (C=O) groups is 1. The summed E-state index contributed by atoms with van der Waals surface area (Å²) in [5.74, 6) is -0.451. The third kappa shape index (κ3) is 3.88. The van der Waals surface area contributed by atoms with E-state index in [1.807, 2.05) is 0 Å². The van der Waals surface area contributed by atoms with Gasteiger partial charge in [0.05, 0.1) is 23.3 Å². The van der Waals surface area contributed by atoms with E-state index in [0.29, 0.717) is 27.9 Å². The first-order valence-electron chi connectivity index (χ1n) is 7.11. The van der Waals surface area contributed by atoms with Gasteiger partial charge in [0.1, 0.15) is 0 Å². The van der Waals surface area contributed by atoms with Crippen LogP contribution in [-0.2, 0) is 14.6 Å². The van der Waals surface area contributed by atoms with Gasteiger partial charge in [-0.3, -0.25) is 0 Å². The van der Waals surface area contributed by atoms with Gasteiger partial charge in [0.15, 0.2) is 9.84 Å². The molecule has 0 aromatic heterocycles. The lowest BCUT2D eigenvalue weighted by Gasteiger charge is -2.11. The molecule has 2 N–H and O–H groups in total. The molecule has 2 rings (SSSR count). The molecular weight excluding hydrogens is 350 g/mol. The van der Waals surface area contributed by atoms with Crippen LogP contribution in [0, 0.1) is 6.92 Å². The van der Waals surface area contributed by atoms with Crippen molar-refractivity contribution in [3.05, 3.63) is 47.5 Å². The normalized spacial score (nSPS) is 10.8. The fraction of sp³-hybridized carbons (Fsp3) is 0.235. The number of rotatable bonds is 4. The largest absolute Gasteiger partial charge is 0.465 e. The van der Waals surface area contributed by atoms with E-state index in [9.17, 15) is 13.2 Å². The van der Waals surface area contributed by atoms with Crippen molar-refractivity contribution in [3.8, 4) is 11.1 Å². The summed E-state index contributed by atoms with van der Waals surface area (Å²) in [4.78, 5) is 12.1. The van der Waals surface area contributed by atoms with Crippen LogP contribution in [0.25, 0.3) is 11.1 Å². The molecule has 0 unspecified atom stereocenters. The van der Waals surface area contributed by atoms with E-state index in [0.717, 1.165) is 0 Å². The van der Waals surface area contributed by atoms with E-state index >= 15 is 0 Å². The Kier molecular flexibility index (Phi) is 6.40. The zero-order chi connectivity index (χ0) is 17.2. The van der Waals surface area contributed by atoms with Gasteiger partial charge in [-0.2, -0.15) is 0 Å². The van der Waals surface area contributed by atoms with Crippen LogP contribution in [0.2, 0.25) is 0 Å². The van der Waals surface area contributed by atoms with Crippen LogP contribution in [0.15, 0.2) is 41.3 Å². The average molecular weight is 370 g/mol. The number of esters is 1. The Labute approximate surface area is 148 Å². The quantitative estimate of drug-likeness (QED) is 0.660. The molecule has 0 spiro atoms. The SMILES string of the molecule is CCS(=O)(=O)c1cccc(-c2cc(N)c(C)c(C(=O)OC)c2)c1.Cl. The Morgan fingerprint density at radius 1 is 1.17 bits per heavy atom. The summed E-state index contributed by atoms with van der Waals surface area (Å²) in [7, 11) is -2.00. The van der Waals surface area contributed by atoms with Crippen molar-refractivity contribution in [2.75, 3.05) is 18.6 Å². The molecular formula is C17H20ClNO4S. The summed E-state index contributed by atoms with van der Waals surface area (Å²) >= 11 is 0. The highest BCUT2D eigenvalue weighted by Crippen LogP contribution is 2.29. The molecule has 0 aliphatic heterocycles. The van der Waals surface area contributed by atoms with Crippen molar-refractivity contribution < 1.29 is 17.9 Å². The molecule has 130 valence electrons. The maximum atomic E-state index is 12.0. The van der Waals surface area contributed by atoms with Gasteiger partial charge in [0, 0.05) is 5.69 Å². The Balaban J connectivity index is 0.00000288. The fourth-order valence-electron chi connectivity index (χ4n) is 2.26. The molecule has 0 aliphatic rings. The van der Waals surface area contributed by atoms with Gasteiger partial charge in [0.25, 0.3) is 0 Å². The van der Waals surface area contributed by atoms with Crippen LogP contribution in [0.5, 0.6) is 0 Å². The summed E-state index contributed by atoms with van der Waals surface area (Å²) in [5, 5.41) is 0. The van der Waals surface area contributed by atoms with Crippen LogP contribution in [0.4, 0.5) is 5.69 Å². The zero-order valence-electron chi connectivity index (χ0n) is 13.7. The van der Waals surface area contributed by atoms with E-state index in [2.05, 4.69) is 0 Å². The third-order valence-corrected chi connectivity index (χ3v) is 5.49. The minimum atomic E-state index is -3.30. The van der Waals surface area contributed by atoms with E-state index < -0.39 is 15.8 Å². The van der Waals surface area contributed by atoms with E-state index in [1.165, 1.54) is 7.11 Å². The number of methoxy groups -OCH3 is 1. The van der Waals surface area contributed by atoms with Gasteiger partial charge in [0.2, 0.25) is 0 Å². The van der Waals surface area contributed by atoms with Crippen molar-refractivity contribution in [1.29, 1.82) is 0 Å². The lowest BCUT2D eigenvalue weighted by atomic mass is 9.98. The number of ether oxygens (including phenoxy) is 1. The van der Waals surface area contributed by atoms with Crippen LogP contribution in [-0.4, -0.2) is 27.2 Å². The number of sulfone groups is 1. The maximum Gasteiger partial charge on any atom is 0.338 e. The second kappa shape index (κ2) is 7.68. The number of benzene rings is 2. The minimum absolute atomic E-state index is 0. The van der Waals surface area contributed by atoms with Crippen molar-refractivity contribution in [1.82, 2.24) is 0 Å². The van der Waals surface area contributed by atoms with Gasteiger partial charge in [-0.25, -0.2) is 13.2 Å². The molecule has 0 radical (unpaired) electrons. The second-order valence-corrected chi connectivity index (χ2v) is 7.44. The summed E-state index contributed by atoms with van der Waals surface area (Å²) < 4.78 is 28.8. The zero-order valence-corrected chi connectivity index (χ0v) is 15.3. The lowest BCUT2D eigenvalue weighted by molar-refractivity contribution is 0.0600. The van der Waals surface area contributed by atoms with E-state index in [-0.39, 0.29) is 23.1 Å². The first kappa shape index (κ1) is 20.0. The lowest BCUT2D eigenvalue weighted by Crippen LogP contribution is -2.07.